The zero-order valence-corrected chi connectivity index (χ0v) is 19.0. The highest BCUT2D eigenvalue weighted by atomic mass is 19.1. The average molecular weight is 470 g/mol. The molecule has 1 aliphatic rings. The molecule has 5 aromatic rings. The van der Waals surface area contributed by atoms with Crippen molar-refractivity contribution in [2.45, 2.75) is 12.8 Å². The van der Waals surface area contributed by atoms with Gasteiger partial charge in [0.1, 0.15) is 29.6 Å². The van der Waals surface area contributed by atoms with Crippen LogP contribution in [0.1, 0.15) is 12.8 Å². The maximum absolute atomic E-state index is 14.5. The van der Waals surface area contributed by atoms with Crippen LogP contribution in [0.3, 0.4) is 0 Å². The number of nitrogens with one attached hydrogen (secondary N) is 2. The molecule has 4 aromatic heterocycles. The van der Waals surface area contributed by atoms with Crippen molar-refractivity contribution in [2.24, 2.45) is 0 Å². The predicted molar refractivity (Wildman–Crippen MR) is 131 cm³/mol. The summed E-state index contributed by atoms with van der Waals surface area (Å²) in [7, 11) is 0. The molecule has 5 heterocycles. The topological polar surface area (TPSA) is 95.6 Å². The lowest BCUT2D eigenvalue weighted by Gasteiger charge is -2.15. The van der Waals surface area contributed by atoms with E-state index in [-0.39, 0.29) is 5.82 Å². The number of hydrogen-bond donors (Lipinski definition) is 2. The Morgan fingerprint density at radius 1 is 0.914 bits per heavy atom. The van der Waals surface area contributed by atoms with Crippen molar-refractivity contribution >= 4 is 10.9 Å². The summed E-state index contributed by atoms with van der Waals surface area (Å²) in [5.41, 5.74) is 5.41. The smallest absolute Gasteiger partial charge is 0.127 e. The Morgan fingerprint density at radius 2 is 1.83 bits per heavy atom. The lowest BCUT2D eigenvalue weighted by atomic mass is 10.0. The number of nitrogens with zero attached hydrogens (tertiary/aromatic N) is 5. The molecule has 0 atom stereocenters. The summed E-state index contributed by atoms with van der Waals surface area (Å²) < 4.78 is 20.4. The van der Waals surface area contributed by atoms with E-state index < -0.39 is 0 Å². The highest BCUT2D eigenvalue weighted by Crippen LogP contribution is 2.34. The summed E-state index contributed by atoms with van der Waals surface area (Å²) in [4.78, 5) is 18.5. The fraction of sp³-hybridized carbons (Fsp3) is 0.231. The summed E-state index contributed by atoms with van der Waals surface area (Å²) >= 11 is 0. The number of halogens is 1. The Labute approximate surface area is 201 Å². The molecule has 9 heteroatoms. The van der Waals surface area contributed by atoms with Crippen molar-refractivity contribution in [1.82, 2.24) is 35.0 Å². The van der Waals surface area contributed by atoms with Gasteiger partial charge in [0.05, 0.1) is 29.3 Å². The van der Waals surface area contributed by atoms with E-state index in [9.17, 15) is 4.39 Å². The molecule has 35 heavy (non-hydrogen) atoms. The Kier molecular flexibility index (Phi) is 5.67. The number of fused-ring (bicyclic) bond motifs is 1. The van der Waals surface area contributed by atoms with Crippen LogP contribution in [0.4, 0.5) is 4.39 Å². The number of H-pyrrole nitrogens is 2. The van der Waals surface area contributed by atoms with Crippen LogP contribution < -0.4 is 4.74 Å². The second kappa shape index (κ2) is 9.27. The van der Waals surface area contributed by atoms with Crippen molar-refractivity contribution in [3.8, 4) is 39.7 Å². The number of likely N-dealkylation sites (tertiary alicyclic amines) is 1. The molecule has 0 amide bonds. The van der Waals surface area contributed by atoms with Gasteiger partial charge in [-0.25, -0.2) is 4.39 Å². The monoisotopic (exact) mass is 469 g/mol. The molecular formula is C26H24FN7O. The largest absolute Gasteiger partial charge is 0.492 e. The summed E-state index contributed by atoms with van der Waals surface area (Å²) in [6.07, 6.45) is 10.9. The minimum atomic E-state index is -0.339. The van der Waals surface area contributed by atoms with Gasteiger partial charge in [-0.1, -0.05) is 0 Å². The SMILES string of the molecule is Fc1cc(OCCN2CCCC2)cc(-c2cncc3[nH]c(-c4cc(-c5cnccn5)n[nH]4)cc23)c1. The summed E-state index contributed by atoms with van der Waals surface area (Å²) in [6, 6.07) is 8.75. The number of pyridine rings is 1. The van der Waals surface area contributed by atoms with Crippen LogP contribution in [-0.4, -0.2) is 61.3 Å². The average Bonchev–Trinajstić information content (AvgIpc) is 3.64. The van der Waals surface area contributed by atoms with E-state index in [1.54, 1.807) is 31.0 Å². The van der Waals surface area contributed by atoms with Crippen LogP contribution in [-0.2, 0) is 0 Å². The van der Waals surface area contributed by atoms with E-state index in [4.69, 9.17) is 4.74 Å². The maximum Gasteiger partial charge on any atom is 0.127 e. The second-order valence-corrected chi connectivity index (χ2v) is 8.66. The number of aromatic nitrogens is 6. The normalized spacial score (nSPS) is 14.1. The fourth-order valence-corrected chi connectivity index (χ4v) is 4.55. The molecule has 0 saturated carbocycles. The van der Waals surface area contributed by atoms with Crippen LogP contribution in [0.5, 0.6) is 5.75 Å². The third kappa shape index (κ3) is 4.50. The summed E-state index contributed by atoms with van der Waals surface area (Å²) in [5.74, 6) is 0.183. The lowest BCUT2D eigenvalue weighted by molar-refractivity contribution is 0.237. The first-order valence-corrected chi connectivity index (χ1v) is 11.7. The zero-order chi connectivity index (χ0) is 23.6. The Bertz CT molecular complexity index is 1460. The van der Waals surface area contributed by atoms with Crippen molar-refractivity contribution < 1.29 is 9.13 Å². The van der Waals surface area contributed by atoms with E-state index in [0.717, 1.165) is 53.1 Å². The number of rotatable bonds is 7. The molecule has 0 radical (unpaired) electrons. The van der Waals surface area contributed by atoms with Gasteiger partial charge >= 0.3 is 0 Å². The summed E-state index contributed by atoms with van der Waals surface area (Å²) in [6.45, 7) is 3.61. The zero-order valence-electron chi connectivity index (χ0n) is 19.0. The van der Waals surface area contributed by atoms with E-state index in [1.165, 1.54) is 25.0 Å². The van der Waals surface area contributed by atoms with E-state index in [2.05, 4.69) is 35.0 Å². The summed E-state index contributed by atoms with van der Waals surface area (Å²) in [5, 5.41) is 8.34. The molecule has 1 aliphatic heterocycles. The fourth-order valence-electron chi connectivity index (χ4n) is 4.55. The Hall–Kier alpha value is -4.11. The van der Waals surface area contributed by atoms with Crippen LogP contribution in [0.25, 0.3) is 44.8 Å². The van der Waals surface area contributed by atoms with Crippen molar-refractivity contribution in [3.63, 3.8) is 0 Å². The molecule has 2 N–H and O–H groups in total. The van der Waals surface area contributed by atoms with E-state index >= 15 is 0 Å². The molecule has 8 nitrogen and oxygen atoms in total. The molecule has 1 fully saturated rings. The lowest BCUT2D eigenvalue weighted by Crippen LogP contribution is -2.25. The van der Waals surface area contributed by atoms with Gasteiger partial charge in [0, 0.05) is 42.2 Å². The molecule has 6 rings (SSSR count). The van der Waals surface area contributed by atoms with Crippen LogP contribution >= 0.6 is 0 Å². The van der Waals surface area contributed by atoms with Crippen molar-refractivity contribution in [3.05, 3.63) is 67.1 Å². The van der Waals surface area contributed by atoms with Gasteiger partial charge in [-0.2, -0.15) is 5.10 Å². The van der Waals surface area contributed by atoms with Gasteiger partial charge < -0.3 is 9.72 Å². The molecule has 1 saturated heterocycles. The van der Waals surface area contributed by atoms with Gasteiger partial charge in [-0.05, 0) is 55.8 Å². The van der Waals surface area contributed by atoms with E-state index in [1.807, 2.05) is 18.2 Å². The van der Waals surface area contributed by atoms with Crippen LogP contribution in [0, 0.1) is 5.82 Å². The maximum atomic E-state index is 14.5. The molecular weight excluding hydrogens is 445 g/mol. The molecule has 0 bridgehead atoms. The quantitative estimate of drug-likeness (QED) is 0.359. The molecule has 176 valence electrons. The van der Waals surface area contributed by atoms with Crippen molar-refractivity contribution in [1.29, 1.82) is 0 Å². The Morgan fingerprint density at radius 3 is 2.69 bits per heavy atom. The molecule has 1 aromatic carbocycles. The van der Waals surface area contributed by atoms with Crippen molar-refractivity contribution in [2.75, 3.05) is 26.2 Å². The van der Waals surface area contributed by atoms with Gasteiger partial charge in [0.2, 0.25) is 0 Å². The number of ether oxygens (including phenoxy) is 1. The highest BCUT2D eigenvalue weighted by Gasteiger charge is 2.15. The standard InChI is InChI=1S/C26H24FN7O/c27-18-9-17(10-19(11-18)35-8-7-34-5-1-2-6-34)21-14-29-15-25-20(21)12-22(31-25)23-13-24(33-32-23)26-16-28-3-4-30-26/h3-4,9-16,31H,1-2,5-8H2,(H,32,33). The van der Waals surface area contributed by atoms with Gasteiger partial charge in [0.15, 0.2) is 0 Å². The van der Waals surface area contributed by atoms with Gasteiger partial charge in [0.25, 0.3) is 0 Å². The number of hydrogen-bond acceptors (Lipinski definition) is 6. The van der Waals surface area contributed by atoms with Gasteiger partial charge in [-0.3, -0.25) is 25.0 Å². The first kappa shape index (κ1) is 21.4. The van der Waals surface area contributed by atoms with Crippen LogP contribution in [0.2, 0.25) is 0 Å². The van der Waals surface area contributed by atoms with Crippen LogP contribution in [0.15, 0.2) is 61.3 Å². The minimum absolute atomic E-state index is 0.339. The second-order valence-electron chi connectivity index (χ2n) is 8.66. The third-order valence-electron chi connectivity index (χ3n) is 6.30. The first-order valence-electron chi connectivity index (χ1n) is 11.7. The van der Waals surface area contributed by atoms with Gasteiger partial charge in [-0.15, -0.1) is 0 Å². The van der Waals surface area contributed by atoms with E-state index in [0.29, 0.717) is 23.7 Å². The Balaban J connectivity index is 1.29. The number of aromatic amines is 2. The molecule has 0 unspecified atom stereocenters. The molecule has 0 spiro atoms. The first-order chi connectivity index (χ1) is 17.2. The highest BCUT2D eigenvalue weighted by molar-refractivity contribution is 5.97. The predicted octanol–water partition coefficient (Wildman–Crippen LogP) is 4.69. The minimum Gasteiger partial charge on any atom is -0.492 e. The third-order valence-corrected chi connectivity index (χ3v) is 6.30. The number of benzene rings is 1. The molecule has 0 aliphatic carbocycles.